The van der Waals surface area contributed by atoms with Crippen LogP contribution in [0.1, 0.15) is 84.0 Å². The van der Waals surface area contributed by atoms with Gasteiger partial charge in [-0.1, -0.05) is 12.8 Å². The summed E-state index contributed by atoms with van der Waals surface area (Å²) in [6.07, 6.45) is 11.0. The van der Waals surface area contributed by atoms with Gasteiger partial charge in [0.1, 0.15) is 12.2 Å². The predicted octanol–water partition coefficient (Wildman–Crippen LogP) is 4.22. The maximum Gasteiger partial charge on any atom is 0.305 e. The van der Waals surface area contributed by atoms with Crippen molar-refractivity contribution in [1.29, 1.82) is 0 Å². The molecule has 176 valence electrons. The zero-order chi connectivity index (χ0) is 21.9. The zero-order valence-electron chi connectivity index (χ0n) is 18.9. The lowest BCUT2D eigenvalue weighted by Crippen LogP contribution is -2.37. The second-order valence-corrected chi connectivity index (χ2v) is 8.53. The standard InChI is InChI=1S/C24H38O7/c1-2-27-20(25)12-6-4-3-5-11-18-17-19(30-21-13-7-9-15-28-21)23(26)24(18)31-22-14-8-10-16-29-22/h17,19,21-22,24H,2-16H2,1H3. The molecular weight excluding hydrogens is 400 g/mol. The molecule has 2 heterocycles. The van der Waals surface area contributed by atoms with Crippen molar-refractivity contribution >= 4 is 11.8 Å². The number of carbonyl (C=O) groups excluding carboxylic acids is 2. The van der Waals surface area contributed by atoms with Crippen molar-refractivity contribution in [3.8, 4) is 0 Å². The molecule has 3 rings (SSSR count). The van der Waals surface area contributed by atoms with Gasteiger partial charge in [0.05, 0.1) is 6.61 Å². The maximum absolute atomic E-state index is 13.1. The van der Waals surface area contributed by atoms with Crippen molar-refractivity contribution in [2.45, 2.75) is 109 Å². The summed E-state index contributed by atoms with van der Waals surface area (Å²) in [5.41, 5.74) is 0.991. The first-order chi connectivity index (χ1) is 15.2. The summed E-state index contributed by atoms with van der Waals surface area (Å²) in [5.74, 6) is -0.168. The fourth-order valence-corrected chi connectivity index (χ4v) is 4.31. The van der Waals surface area contributed by atoms with Crippen molar-refractivity contribution in [2.75, 3.05) is 19.8 Å². The Morgan fingerprint density at radius 1 is 0.968 bits per heavy atom. The molecular formula is C24H38O7. The fourth-order valence-electron chi connectivity index (χ4n) is 4.31. The molecule has 0 aromatic carbocycles. The molecule has 3 aliphatic rings. The Hall–Kier alpha value is -1.28. The van der Waals surface area contributed by atoms with Crippen LogP contribution in [0.2, 0.25) is 0 Å². The molecule has 7 nitrogen and oxygen atoms in total. The normalized spacial score (nSPS) is 29.1. The Kier molecular flexibility index (Phi) is 10.5. The lowest BCUT2D eigenvalue weighted by atomic mass is 10.0. The quantitative estimate of drug-likeness (QED) is 0.256. The number of hydrogen-bond acceptors (Lipinski definition) is 7. The Bertz CT molecular complexity index is 591. The first-order valence-corrected chi connectivity index (χ1v) is 12.1. The van der Waals surface area contributed by atoms with Gasteiger partial charge in [-0.2, -0.15) is 0 Å². The molecule has 2 aliphatic heterocycles. The summed E-state index contributed by atoms with van der Waals surface area (Å²) in [6.45, 7) is 3.62. The number of ketones is 1. The summed E-state index contributed by atoms with van der Waals surface area (Å²) in [6, 6.07) is 0. The van der Waals surface area contributed by atoms with Gasteiger partial charge in [0.2, 0.25) is 0 Å². The van der Waals surface area contributed by atoms with E-state index in [-0.39, 0.29) is 24.3 Å². The predicted molar refractivity (Wildman–Crippen MR) is 114 cm³/mol. The van der Waals surface area contributed by atoms with Crippen molar-refractivity contribution in [2.24, 2.45) is 0 Å². The fraction of sp³-hybridized carbons (Fsp3) is 0.833. The summed E-state index contributed by atoms with van der Waals surface area (Å²) in [5, 5.41) is 0. The number of carbonyl (C=O) groups is 2. The number of hydrogen-bond donors (Lipinski definition) is 0. The molecule has 2 saturated heterocycles. The minimum absolute atomic E-state index is 0.0411. The summed E-state index contributed by atoms with van der Waals surface area (Å²) >= 11 is 0. The summed E-state index contributed by atoms with van der Waals surface area (Å²) in [7, 11) is 0. The van der Waals surface area contributed by atoms with Gasteiger partial charge >= 0.3 is 5.97 Å². The Labute approximate surface area is 185 Å². The zero-order valence-corrected chi connectivity index (χ0v) is 18.9. The van der Waals surface area contributed by atoms with E-state index in [2.05, 4.69) is 0 Å². The highest BCUT2D eigenvalue weighted by Gasteiger charge is 2.40. The van der Waals surface area contributed by atoms with Gasteiger partial charge in [-0.25, -0.2) is 0 Å². The average molecular weight is 439 g/mol. The molecule has 0 aromatic heterocycles. The third-order valence-electron chi connectivity index (χ3n) is 6.00. The van der Waals surface area contributed by atoms with E-state index in [0.717, 1.165) is 76.2 Å². The van der Waals surface area contributed by atoms with E-state index in [0.29, 0.717) is 26.2 Å². The summed E-state index contributed by atoms with van der Waals surface area (Å²) in [4.78, 5) is 24.5. The Morgan fingerprint density at radius 3 is 2.29 bits per heavy atom. The molecule has 0 amide bonds. The van der Waals surface area contributed by atoms with E-state index >= 15 is 0 Å². The molecule has 4 atom stereocenters. The lowest BCUT2D eigenvalue weighted by molar-refractivity contribution is -0.199. The van der Waals surface area contributed by atoms with Crippen LogP contribution in [0.3, 0.4) is 0 Å². The lowest BCUT2D eigenvalue weighted by Gasteiger charge is -2.27. The van der Waals surface area contributed by atoms with Crippen LogP contribution < -0.4 is 0 Å². The highest BCUT2D eigenvalue weighted by molar-refractivity contribution is 5.95. The Morgan fingerprint density at radius 2 is 1.65 bits per heavy atom. The first kappa shape index (κ1) is 24.4. The average Bonchev–Trinajstić information content (AvgIpc) is 3.07. The number of Topliss-reactive ketones (excluding diaryl/α,β-unsaturated/α-hetero) is 1. The van der Waals surface area contributed by atoms with E-state index in [4.69, 9.17) is 23.7 Å². The molecule has 0 N–H and O–H groups in total. The highest BCUT2D eigenvalue weighted by atomic mass is 16.7. The van der Waals surface area contributed by atoms with Gasteiger partial charge in [0, 0.05) is 19.6 Å². The second kappa shape index (κ2) is 13.3. The van der Waals surface area contributed by atoms with Crippen LogP contribution in [-0.4, -0.2) is 56.4 Å². The van der Waals surface area contributed by atoms with Crippen LogP contribution in [0.15, 0.2) is 11.6 Å². The molecule has 7 heteroatoms. The van der Waals surface area contributed by atoms with Crippen LogP contribution >= 0.6 is 0 Å². The van der Waals surface area contributed by atoms with Crippen LogP contribution in [0.25, 0.3) is 0 Å². The number of esters is 1. The van der Waals surface area contributed by atoms with E-state index in [9.17, 15) is 9.59 Å². The van der Waals surface area contributed by atoms with E-state index < -0.39 is 12.2 Å². The highest BCUT2D eigenvalue weighted by Crippen LogP contribution is 2.30. The molecule has 4 unspecified atom stereocenters. The SMILES string of the molecule is CCOC(=O)CCCCCCC1=CC(OC2CCCCO2)C(=O)C1OC1CCCCO1. The van der Waals surface area contributed by atoms with Crippen molar-refractivity contribution in [1.82, 2.24) is 0 Å². The van der Waals surface area contributed by atoms with E-state index in [1.54, 1.807) is 0 Å². The molecule has 0 saturated carbocycles. The molecule has 2 fully saturated rings. The summed E-state index contributed by atoms with van der Waals surface area (Å²) < 4.78 is 28.4. The molecule has 31 heavy (non-hydrogen) atoms. The third-order valence-corrected chi connectivity index (χ3v) is 6.00. The van der Waals surface area contributed by atoms with Crippen LogP contribution in [0, 0.1) is 0 Å². The number of unbranched alkanes of at least 4 members (excludes halogenated alkanes) is 3. The number of ether oxygens (including phenoxy) is 5. The third kappa shape index (κ3) is 7.97. The van der Waals surface area contributed by atoms with Crippen molar-refractivity contribution in [3.63, 3.8) is 0 Å². The largest absolute Gasteiger partial charge is 0.466 e. The van der Waals surface area contributed by atoms with Gasteiger partial charge in [-0.3, -0.25) is 9.59 Å². The van der Waals surface area contributed by atoms with Crippen LogP contribution in [-0.2, 0) is 33.3 Å². The first-order valence-electron chi connectivity index (χ1n) is 12.1. The number of rotatable bonds is 12. The molecule has 1 aliphatic carbocycles. The molecule has 0 bridgehead atoms. The minimum atomic E-state index is -0.601. The van der Waals surface area contributed by atoms with Gasteiger partial charge in [0.15, 0.2) is 18.4 Å². The van der Waals surface area contributed by atoms with E-state index in [1.807, 2.05) is 13.0 Å². The van der Waals surface area contributed by atoms with Crippen molar-refractivity contribution < 1.29 is 33.3 Å². The smallest absolute Gasteiger partial charge is 0.305 e. The van der Waals surface area contributed by atoms with Gasteiger partial charge < -0.3 is 23.7 Å². The molecule has 0 spiro atoms. The van der Waals surface area contributed by atoms with Crippen LogP contribution in [0.5, 0.6) is 0 Å². The van der Waals surface area contributed by atoms with Gasteiger partial charge in [-0.15, -0.1) is 0 Å². The Balaban J connectivity index is 1.49. The van der Waals surface area contributed by atoms with Gasteiger partial charge in [-0.05, 0) is 76.4 Å². The van der Waals surface area contributed by atoms with Crippen molar-refractivity contribution in [3.05, 3.63) is 11.6 Å². The minimum Gasteiger partial charge on any atom is -0.466 e. The molecule has 0 radical (unpaired) electrons. The maximum atomic E-state index is 13.1. The molecule has 0 aromatic rings. The second-order valence-electron chi connectivity index (χ2n) is 8.53. The monoisotopic (exact) mass is 438 g/mol. The van der Waals surface area contributed by atoms with Crippen LogP contribution in [0.4, 0.5) is 0 Å². The van der Waals surface area contributed by atoms with E-state index in [1.165, 1.54) is 0 Å². The van der Waals surface area contributed by atoms with Gasteiger partial charge in [0.25, 0.3) is 0 Å². The topological polar surface area (TPSA) is 80.3 Å².